The third kappa shape index (κ3) is 3.10. The van der Waals surface area contributed by atoms with Gasteiger partial charge in [0.05, 0.1) is 23.0 Å². The molecule has 1 unspecified atom stereocenters. The highest BCUT2D eigenvalue weighted by Gasteiger charge is 2.21. The highest BCUT2D eigenvalue weighted by Crippen LogP contribution is 2.35. The molecular weight excluding hydrogens is 281 g/mol. The number of hydrogen-bond donors (Lipinski definition) is 0. The number of aliphatic imine (C=N–C) groups is 1. The molecule has 0 aliphatic carbocycles. The number of nitrogens with zero attached hydrogens (tertiary/aromatic N) is 3. The number of hydrogen-bond acceptors (Lipinski definition) is 4. The molecular formula is C14H17ClFN3O. The second-order valence-corrected chi connectivity index (χ2v) is 5.65. The van der Waals surface area contributed by atoms with Gasteiger partial charge in [0.1, 0.15) is 18.5 Å². The van der Waals surface area contributed by atoms with Crippen molar-refractivity contribution in [2.75, 3.05) is 26.2 Å². The Morgan fingerprint density at radius 1 is 1.50 bits per heavy atom. The molecule has 0 radical (unpaired) electrons. The van der Waals surface area contributed by atoms with Crippen LogP contribution in [-0.2, 0) is 0 Å². The maximum absolute atomic E-state index is 13.0. The first kappa shape index (κ1) is 13.8. The summed E-state index contributed by atoms with van der Waals surface area (Å²) in [5.41, 5.74) is 1.58. The number of alkyl halides is 2. The molecule has 2 atom stereocenters. The molecule has 0 N–H and O–H groups in total. The van der Waals surface area contributed by atoms with Gasteiger partial charge in [0, 0.05) is 38.3 Å². The van der Waals surface area contributed by atoms with Crippen molar-refractivity contribution in [1.29, 1.82) is 0 Å². The van der Waals surface area contributed by atoms with E-state index >= 15 is 0 Å². The summed E-state index contributed by atoms with van der Waals surface area (Å²) in [6.07, 6.45) is 4.14. The second kappa shape index (κ2) is 6.06. The van der Waals surface area contributed by atoms with Crippen molar-refractivity contribution in [3.8, 4) is 5.75 Å². The summed E-state index contributed by atoms with van der Waals surface area (Å²) in [6.45, 7) is 2.59. The third-order valence-corrected chi connectivity index (χ3v) is 3.99. The van der Waals surface area contributed by atoms with Crippen LogP contribution in [0.1, 0.15) is 23.9 Å². The minimum Gasteiger partial charge on any atom is -0.491 e. The first-order valence-corrected chi connectivity index (χ1v) is 7.32. The molecule has 108 valence electrons. The van der Waals surface area contributed by atoms with Crippen LogP contribution in [0.2, 0.25) is 0 Å². The van der Waals surface area contributed by atoms with Gasteiger partial charge in [-0.3, -0.25) is 14.9 Å². The lowest BCUT2D eigenvalue weighted by Crippen LogP contribution is -2.26. The minimum atomic E-state index is -0.685. The van der Waals surface area contributed by atoms with Gasteiger partial charge in [0.2, 0.25) is 0 Å². The van der Waals surface area contributed by atoms with Crippen LogP contribution in [0, 0.1) is 0 Å². The summed E-state index contributed by atoms with van der Waals surface area (Å²) in [6, 6.07) is 1.86. The smallest absolute Gasteiger partial charge is 0.139 e. The van der Waals surface area contributed by atoms with Gasteiger partial charge in [-0.1, -0.05) is 0 Å². The summed E-state index contributed by atoms with van der Waals surface area (Å²) >= 11 is 6.17. The molecule has 6 heteroatoms. The highest BCUT2D eigenvalue weighted by atomic mass is 35.5. The zero-order chi connectivity index (χ0) is 13.9. The van der Waals surface area contributed by atoms with Crippen molar-refractivity contribution in [2.45, 2.75) is 24.4 Å². The predicted octanol–water partition coefficient (Wildman–Crippen LogP) is 2.89. The molecule has 3 rings (SSSR count). The van der Waals surface area contributed by atoms with Crippen LogP contribution in [0.3, 0.4) is 0 Å². The molecule has 0 spiro atoms. The van der Waals surface area contributed by atoms with Gasteiger partial charge in [-0.2, -0.15) is 0 Å². The molecule has 1 saturated heterocycles. The molecule has 1 fully saturated rings. The van der Waals surface area contributed by atoms with E-state index in [9.17, 15) is 4.39 Å². The fourth-order valence-corrected chi connectivity index (χ4v) is 2.75. The Morgan fingerprint density at radius 2 is 2.40 bits per heavy atom. The van der Waals surface area contributed by atoms with Crippen LogP contribution < -0.4 is 4.74 Å². The number of ether oxygens (including phenoxy) is 1. The molecule has 2 aliphatic heterocycles. The largest absolute Gasteiger partial charge is 0.491 e. The van der Waals surface area contributed by atoms with E-state index in [0.717, 1.165) is 24.5 Å². The average molecular weight is 298 g/mol. The normalized spacial score (nSPS) is 25.7. The van der Waals surface area contributed by atoms with E-state index in [-0.39, 0.29) is 5.38 Å². The van der Waals surface area contributed by atoms with Crippen molar-refractivity contribution >= 4 is 23.5 Å². The summed E-state index contributed by atoms with van der Waals surface area (Å²) in [4.78, 5) is 10.7. The first-order chi connectivity index (χ1) is 9.72. The van der Waals surface area contributed by atoms with E-state index in [1.807, 2.05) is 6.07 Å². The zero-order valence-corrected chi connectivity index (χ0v) is 11.9. The Bertz CT molecular complexity index is 511. The molecule has 4 nitrogen and oxygen atoms in total. The number of halogens is 2. The van der Waals surface area contributed by atoms with Crippen molar-refractivity contribution in [3.63, 3.8) is 0 Å². The Hall–Kier alpha value is -1.20. The fourth-order valence-electron chi connectivity index (χ4n) is 2.51. The van der Waals surface area contributed by atoms with Crippen LogP contribution in [0.4, 0.5) is 10.1 Å². The van der Waals surface area contributed by atoms with Gasteiger partial charge in [0.25, 0.3) is 0 Å². The van der Waals surface area contributed by atoms with Gasteiger partial charge < -0.3 is 4.74 Å². The summed E-state index contributed by atoms with van der Waals surface area (Å²) in [5, 5.41) is -0.109. The van der Waals surface area contributed by atoms with E-state index in [2.05, 4.69) is 14.9 Å². The number of aromatic nitrogens is 1. The Morgan fingerprint density at radius 3 is 3.20 bits per heavy atom. The Labute approximate surface area is 122 Å². The number of rotatable bonds is 4. The SMILES string of the molecule is F[C@@H]1CCN(CCOc2cnc3c(c2)N=CCC3Cl)C1. The zero-order valence-electron chi connectivity index (χ0n) is 11.1. The highest BCUT2D eigenvalue weighted by molar-refractivity contribution is 6.22. The van der Waals surface area contributed by atoms with E-state index in [4.69, 9.17) is 16.3 Å². The van der Waals surface area contributed by atoms with Crippen LogP contribution in [0.5, 0.6) is 5.75 Å². The summed E-state index contributed by atoms with van der Waals surface area (Å²) < 4.78 is 18.7. The van der Waals surface area contributed by atoms with Gasteiger partial charge in [-0.15, -0.1) is 11.6 Å². The predicted molar refractivity (Wildman–Crippen MR) is 77.0 cm³/mol. The first-order valence-electron chi connectivity index (χ1n) is 6.88. The van der Waals surface area contributed by atoms with E-state index < -0.39 is 6.17 Å². The fraction of sp³-hybridized carbons (Fsp3) is 0.571. The van der Waals surface area contributed by atoms with Crippen molar-refractivity contribution in [1.82, 2.24) is 9.88 Å². The standard InChI is InChI=1S/C14H17ClFN3O/c15-12-1-3-17-13-7-11(8-18-14(12)13)20-6-5-19-4-2-10(16)9-19/h3,7-8,10,12H,1-2,4-6,9H2/t10-,12?/m1/s1. The van der Waals surface area contributed by atoms with Gasteiger partial charge in [-0.25, -0.2) is 4.39 Å². The van der Waals surface area contributed by atoms with E-state index in [1.165, 1.54) is 0 Å². The lowest BCUT2D eigenvalue weighted by Gasteiger charge is -2.17. The average Bonchev–Trinajstić information content (AvgIpc) is 2.85. The molecule has 3 heterocycles. The van der Waals surface area contributed by atoms with Crippen molar-refractivity contribution < 1.29 is 9.13 Å². The lowest BCUT2D eigenvalue weighted by atomic mass is 10.1. The maximum atomic E-state index is 13.0. The van der Waals surface area contributed by atoms with Crippen molar-refractivity contribution in [2.24, 2.45) is 4.99 Å². The molecule has 1 aromatic heterocycles. The van der Waals surface area contributed by atoms with Gasteiger partial charge >= 0.3 is 0 Å². The molecule has 0 amide bonds. The molecule has 1 aromatic rings. The Kier molecular flexibility index (Phi) is 4.17. The third-order valence-electron chi connectivity index (χ3n) is 3.60. The van der Waals surface area contributed by atoms with Crippen molar-refractivity contribution in [3.05, 3.63) is 18.0 Å². The van der Waals surface area contributed by atoms with Crippen LogP contribution >= 0.6 is 11.6 Å². The second-order valence-electron chi connectivity index (χ2n) is 5.13. The molecule has 20 heavy (non-hydrogen) atoms. The monoisotopic (exact) mass is 297 g/mol. The number of likely N-dealkylation sites (tertiary alicyclic amines) is 1. The lowest BCUT2D eigenvalue weighted by molar-refractivity contribution is 0.224. The molecule has 0 saturated carbocycles. The Balaban J connectivity index is 1.55. The molecule has 2 aliphatic rings. The van der Waals surface area contributed by atoms with Gasteiger partial charge in [-0.05, 0) is 6.42 Å². The van der Waals surface area contributed by atoms with Crippen LogP contribution in [-0.4, -0.2) is 48.5 Å². The van der Waals surface area contributed by atoms with E-state index in [0.29, 0.717) is 31.7 Å². The summed E-state index contributed by atoms with van der Waals surface area (Å²) in [7, 11) is 0. The van der Waals surface area contributed by atoms with Crippen LogP contribution in [0.25, 0.3) is 0 Å². The number of pyridine rings is 1. The van der Waals surface area contributed by atoms with Gasteiger partial charge in [0.15, 0.2) is 0 Å². The summed E-state index contributed by atoms with van der Waals surface area (Å²) in [5.74, 6) is 0.683. The quantitative estimate of drug-likeness (QED) is 0.802. The number of fused-ring (bicyclic) bond motifs is 1. The topological polar surface area (TPSA) is 37.7 Å². The van der Waals surface area contributed by atoms with E-state index in [1.54, 1.807) is 12.4 Å². The molecule has 0 aromatic carbocycles. The molecule has 0 bridgehead atoms. The maximum Gasteiger partial charge on any atom is 0.139 e. The van der Waals surface area contributed by atoms with Crippen LogP contribution in [0.15, 0.2) is 17.3 Å². The minimum absolute atomic E-state index is 0.109.